The molecule has 5 rings (SSSR count). The standard InChI is InChI=1S/C27H23N3O3.CH4/c1-31-25-12-21-16-29-15-20(23(21)13-26(25)32-2)11-22-9-8-19-6-3-7-24(27(19)30-22)33-17-18-5-4-10-28-14-18;/h3-10,12-16H,11,17H2,1-2H3;1H4. The van der Waals surface area contributed by atoms with E-state index in [4.69, 9.17) is 19.2 Å². The molecule has 0 bridgehead atoms. The van der Waals surface area contributed by atoms with Crippen LogP contribution in [-0.2, 0) is 13.0 Å². The molecule has 0 aliphatic carbocycles. The molecule has 6 nitrogen and oxygen atoms in total. The van der Waals surface area contributed by atoms with Crippen LogP contribution < -0.4 is 14.2 Å². The Morgan fingerprint density at radius 1 is 0.765 bits per heavy atom. The molecular weight excluding hydrogens is 426 g/mol. The lowest BCUT2D eigenvalue weighted by atomic mass is 10.0. The summed E-state index contributed by atoms with van der Waals surface area (Å²) in [6, 6.07) is 17.9. The lowest BCUT2D eigenvalue weighted by molar-refractivity contribution is 0.309. The average Bonchev–Trinajstić information content (AvgIpc) is 2.87. The van der Waals surface area contributed by atoms with E-state index in [1.807, 2.05) is 60.9 Å². The van der Waals surface area contributed by atoms with E-state index in [-0.39, 0.29) is 7.43 Å². The van der Waals surface area contributed by atoms with E-state index < -0.39 is 0 Å². The molecule has 0 amide bonds. The van der Waals surface area contributed by atoms with E-state index in [1.54, 1.807) is 26.6 Å². The molecule has 6 heteroatoms. The maximum absolute atomic E-state index is 6.09. The van der Waals surface area contributed by atoms with Crippen molar-refractivity contribution in [1.29, 1.82) is 0 Å². The zero-order chi connectivity index (χ0) is 22.6. The van der Waals surface area contributed by atoms with E-state index in [9.17, 15) is 0 Å². The first-order chi connectivity index (χ1) is 16.2. The van der Waals surface area contributed by atoms with Gasteiger partial charge in [0.1, 0.15) is 17.9 Å². The van der Waals surface area contributed by atoms with Crippen LogP contribution in [0.5, 0.6) is 17.2 Å². The van der Waals surface area contributed by atoms with Crippen molar-refractivity contribution in [2.45, 2.75) is 20.5 Å². The molecule has 0 atom stereocenters. The third kappa shape index (κ3) is 4.62. The zero-order valence-corrected chi connectivity index (χ0v) is 18.5. The van der Waals surface area contributed by atoms with Gasteiger partial charge in [-0.15, -0.1) is 0 Å². The molecule has 0 fully saturated rings. The van der Waals surface area contributed by atoms with Crippen molar-refractivity contribution in [3.8, 4) is 17.2 Å². The maximum Gasteiger partial charge on any atom is 0.161 e. The van der Waals surface area contributed by atoms with E-state index in [0.717, 1.165) is 44.2 Å². The quantitative estimate of drug-likeness (QED) is 0.301. The Hall–Kier alpha value is -4.19. The molecule has 3 heterocycles. The summed E-state index contributed by atoms with van der Waals surface area (Å²) in [7, 11) is 3.27. The zero-order valence-electron chi connectivity index (χ0n) is 18.5. The molecule has 0 saturated carbocycles. The molecule has 0 saturated heterocycles. The smallest absolute Gasteiger partial charge is 0.161 e. The highest BCUT2D eigenvalue weighted by atomic mass is 16.5. The highest BCUT2D eigenvalue weighted by Crippen LogP contribution is 2.34. The first-order valence-corrected chi connectivity index (χ1v) is 10.6. The Morgan fingerprint density at radius 2 is 1.62 bits per heavy atom. The fraction of sp³-hybridized carbons (Fsp3) is 0.179. The maximum atomic E-state index is 6.09. The Morgan fingerprint density at radius 3 is 2.41 bits per heavy atom. The van der Waals surface area contributed by atoms with E-state index >= 15 is 0 Å². The molecule has 2 aromatic carbocycles. The number of nitrogens with zero attached hydrogens (tertiary/aromatic N) is 3. The number of aromatic nitrogens is 3. The number of pyridine rings is 3. The topological polar surface area (TPSA) is 66.4 Å². The van der Waals surface area contributed by atoms with Gasteiger partial charge in [-0.1, -0.05) is 31.7 Å². The molecule has 0 radical (unpaired) electrons. The monoisotopic (exact) mass is 453 g/mol. The predicted molar refractivity (Wildman–Crippen MR) is 135 cm³/mol. The first kappa shape index (κ1) is 23.0. The Labute approximate surface area is 199 Å². The summed E-state index contributed by atoms with van der Waals surface area (Å²) in [5.74, 6) is 2.12. The van der Waals surface area contributed by atoms with Crippen LogP contribution in [0.3, 0.4) is 0 Å². The number of hydrogen-bond donors (Lipinski definition) is 0. The number of rotatable bonds is 7. The van der Waals surface area contributed by atoms with Crippen molar-refractivity contribution in [3.63, 3.8) is 0 Å². The largest absolute Gasteiger partial charge is 0.493 e. The lowest BCUT2D eigenvalue weighted by Crippen LogP contribution is -1.99. The number of methoxy groups -OCH3 is 2. The van der Waals surface area contributed by atoms with Crippen LogP contribution in [0.4, 0.5) is 0 Å². The number of benzene rings is 2. The van der Waals surface area contributed by atoms with Gasteiger partial charge in [0.2, 0.25) is 0 Å². The van der Waals surface area contributed by atoms with Crippen LogP contribution in [0, 0.1) is 0 Å². The lowest BCUT2D eigenvalue weighted by Gasteiger charge is -2.12. The van der Waals surface area contributed by atoms with Gasteiger partial charge >= 0.3 is 0 Å². The number of hydrogen-bond acceptors (Lipinski definition) is 6. The van der Waals surface area contributed by atoms with Crippen LogP contribution in [0.15, 0.2) is 79.4 Å². The fourth-order valence-corrected chi connectivity index (χ4v) is 3.91. The molecule has 3 aromatic heterocycles. The molecular formula is C28H27N3O3. The van der Waals surface area contributed by atoms with Crippen molar-refractivity contribution in [3.05, 3.63) is 96.2 Å². The molecule has 5 aromatic rings. The summed E-state index contributed by atoms with van der Waals surface area (Å²) in [4.78, 5) is 13.5. The van der Waals surface area contributed by atoms with Crippen LogP contribution in [0.1, 0.15) is 24.2 Å². The van der Waals surface area contributed by atoms with Gasteiger partial charge in [0, 0.05) is 53.2 Å². The molecule has 172 valence electrons. The summed E-state index contributed by atoms with van der Waals surface area (Å²) in [5.41, 5.74) is 3.85. The SMILES string of the molecule is C.COc1cc2cncc(Cc3ccc4cccc(OCc5cccnc5)c4n3)c2cc1OC. The summed E-state index contributed by atoms with van der Waals surface area (Å²) in [6.07, 6.45) is 7.90. The summed E-state index contributed by atoms with van der Waals surface area (Å²) >= 11 is 0. The second-order valence-electron chi connectivity index (χ2n) is 7.68. The highest BCUT2D eigenvalue weighted by molar-refractivity contribution is 5.89. The van der Waals surface area contributed by atoms with Crippen LogP contribution >= 0.6 is 0 Å². The third-order valence-corrected chi connectivity index (χ3v) is 5.58. The van der Waals surface area contributed by atoms with Crippen molar-refractivity contribution >= 4 is 21.7 Å². The van der Waals surface area contributed by atoms with E-state index in [2.05, 4.69) is 16.0 Å². The normalized spacial score (nSPS) is 10.6. The van der Waals surface area contributed by atoms with Gasteiger partial charge in [-0.05, 0) is 41.3 Å². The molecule has 0 spiro atoms. The molecule has 0 aliphatic heterocycles. The summed E-state index contributed by atoms with van der Waals surface area (Å²) < 4.78 is 17.0. The van der Waals surface area contributed by atoms with E-state index in [1.165, 1.54) is 0 Å². The number of ether oxygens (including phenoxy) is 3. The fourth-order valence-electron chi connectivity index (χ4n) is 3.91. The van der Waals surface area contributed by atoms with Crippen LogP contribution in [0.25, 0.3) is 21.7 Å². The van der Waals surface area contributed by atoms with Gasteiger partial charge < -0.3 is 14.2 Å². The minimum absolute atomic E-state index is 0. The van der Waals surface area contributed by atoms with Gasteiger partial charge in [-0.2, -0.15) is 0 Å². The predicted octanol–water partition coefficient (Wildman–Crippen LogP) is 6.00. The third-order valence-electron chi connectivity index (χ3n) is 5.58. The van der Waals surface area contributed by atoms with Gasteiger partial charge in [0.15, 0.2) is 11.5 Å². The summed E-state index contributed by atoms with van der Waals surface area (Å²) in [6.45, 7) is 0.438. The average molecular weight is 454 g/mol. The molecule has 0 unspecified atom stereocenters. The highest BCUT2D eigenvalue weighted by Gasteiger charge is 2.12. The van der Waals surface area contributed by atoms with Crippen molar-refractivity contribution in [1.82, 2.24) is 15.0 Å². The van der Waals surface area contributed by atoms with Crippen LogP contribution in [0.2, 0.25) is 0 Å². The van der Waals surface area contributed by atoms with Gasteiger partial charge in [-0.25, -0.2) is 4.98 Å². The van der Waals surface area contributed by atoms with Crippen molar-refractivity contribution < 1.29 is 14.2 Å². The number of fused-ring (bicyclic) bond motifs is 2. The Kier molecular flexibility index (Phi) is 6.87. The van der Waals surface area contributed by atoms with E-state index in [0.29, 0.717) is 24.5 Å². The summed E-state index contributed by atoms with van der Waals surface area (Å²) in [5, 5.41) is 3.09. The van der Waals surface area contributed by atoms with Gasteiger partial charge in [0.25, 0.3) is 0 Å². The van der Waals surface area contributed by atoms with Crippen molar-refractivity contribution in [2.24, 2.45) is 0 Å². The Balaban J connectivity index is 0.00000274. The minimum atomic E-state index is 0. The molecule has 34 heavy (non-hydrogen) atoms. The number of para-hydroxylation sites is 1. The Bertz CT molecular complexity index is 1420. The van der Waals surface area contributed by atoms with Gasteiger partial charge in [-0.3, -0.25) is 9.97 Å². The first-order valence-electron chi connectivity index (χ1n) is 10.6. The molecule has 0 aliphatic rings. The second kappa shape index (κ2) is 10.2. The van der Waals surface area contributed by atoms with Crippen molar-refractivity contribution in [2.75, 3.05) is 14.2 Å². The molecule has 0 N–H and O–H groups in total. The van der Waals surface area contributed by atoms with Crippen LogP contribution in [-0.4, -0.2) is 29.2 Å². The minimum Gasteiger partial charge on any atom is -0.493 e. The van der Waals surface area contributed by atoms with Gasteiger partial charge in [0.05, 0.1) is 14.2 Å². The second-order valence-corrected chi connectivity index (χ2v) is 7.68.